The molecule has 0 unspecified atom stereocenters. The van der Waals surface area contributed by atoms with Gasteiger partial charge in [0.25, 0.3) is 5.56 Å². The van der Waals surface area contributed by atoms with Gasteiger partial charge in [-0.15, -0.1) is 11.3 Å². The van der Waals surface area contributed by atoms with Crippen LogP contribution in [0.15, 0.2) is 64.5 Å². The van der Waals surface area contributed by atoms with Crippen molar-refractivity contribution in [1.82, 2.24) is 9.55 Å². The smallest absolute Gasteiger partial charge is 0.267 e. The molecule has 0 radical (unpaired) electrons. The number of carbonyl (C=O) groups is 1. The summed E-state index contributed by atoms with van der Waals surface area (Å²) in [7, 11) is 0. The van der Waals surface area contributed by atoms with E-state index in [0.717, 1.165) is 21.7 Å². The van der Waals surface area contributed by atoms with E-state index in [-0.39, 0.29) is 22.7 Å². The van der Waals surface area contributed by atoms with E-state index in [1.807, 2.05) is 75.4 Å². The zero-order valence-electron chi connectivity index (χ0n) is 18.8. The van der Waals surface area contributed by atoms with E-state index in [1.54, 1.807) is 4.57 Å². The molecule has 3 heterocycles. The number of fused-ring (bicyclic) bond motifs is 3. The van der Waals surface area contributed by atoms with Crippen LogP contribution in [-0.4, -0.2) is 26.7 Å². The summed E-state index contributed by atoms with van der Waals surface area (Å²) in [5, 5.41) is 1.21. The highest BCUT2D eigenvalue weighted by Gasteiger charge is 2.31. The Labute approximate surface area is 200 Å². The van der Waals surface area contributed by atoms with Crippen LogP contribution in [0.4, 0.5) is 0 Å². The second-order valence-corrected chi connectivity index (χ2v) is 10.8. The molecule has 5 rings (SSSR count). The van der Waals surface area contributed by atoms with Crippen molar-refractivity contribution in [3.63, 3.8) is 0 Å². The first-order valence-electron chi connectivity index (χ1n) is 10.8. The van der Waals surface area contributed by atoms with Crippen LogP contribution in [-0.2, 0) is 17.8 Å². The van der Waals surface area contributed by atoms with Gasteiger partial charge in [-0.25, -0.2) is 4.98 Å². The first kappa shape index (κ1) is 22.1. The molecule has 0 spiro atoms. The van der Waals surface area contributed by atoms with Crippen LogP contribution in [0, 0.1) is 6.92 Å². The fourth-order valence-electron chi connectivity index (χ4n) is 4.13. The number of ether oxygens (including phenoxy) is 1. The average Bonchev–Trinajstić information content (AvgIpc) is 3.15. The SMILES string of the molecule is Cc1ccccc1-n1c(SCC(=O)c2ccccc2)nc2sc3c(c2c1=O)CC(C)(C)OC3. The largest absolute Gasteiger partial charge is 0.370 e. The molecule has 7 heteroatoms. The lowest BCUT2D eigenvalue weighted by atomic mass is 9.94. The van der Waals surface area contributed by atoms with Gasteiger partial charge in [0, 0.05) is 16.9 Å². The molecule has 0 N–H and O–H groups in total. The van der Waals surface area contributed by atoms with Crippen LogP contribution in [0.3, 0.4) is 0 Å². The number of thiophene rings is 1. The van der Waals surface area contributed by atoms with E-state index in [9.17, 15) is 9.59 Å². The quantitative estimate of drug-likeness (QED) is 0.214. The molecule has 2 aromatic carbocycles. The highest BCUT2D eigenvalue weighted by atomic mass is 32.2. The zero-order valence-corrected chi connectivity index (χ0v) is 20.4. The number of aromatic nitrogens is 2. The summed E-state index contributed by atoms with van der Waals surface area (Å²) in [6.45, 7) is 6.57. The number of benzene rings is 2. The minimum Gasteiger partial charge on any atom is -0.370 e. The van der Waals surface area contributed by atoms with Crippen molar-refractivity contribution in [1.29, 1.82) is 0 Å². The maximum Gasteiger partial charge on any atom is 0.267 e. The second-order valence-electron chi connectivity index (χ2n) is 8.81. The third kappa shape index (κ3) is 4.16. The number of thioether (sulfide) groups is 1. The van der Waals surface area contributed by atoms with Crippen molar-refractivity contribution in [3.05, 3.63) is 86.5 Å². The summed E-state index contributed by atoms with van der Waals surface area (Å²) < 4.78 is 7.65. The Bertz CT molecular complexity index is 1420. The summed E-state index contributed by atoms with van der Waals surface area (Å²) in [5.74, 6) is 0.210. The van der Waals surface area contributed by atoms with Crippen molar-refractivity contribution in [2.45, 2.75) is 44.6 Å². The number of rotatable bonds is 5. The molecule has 0 atom stereocenters. The van der Waals surface area contributed by atoms with Gasteiger partial charge in [0.05, 0.1) is 29.0 Å². The number of carbonyl (C=O) groups excluding carboxylic acids is 1. The molecule has 0 saturated carbocycles. The number of hydrogen-bond acceptors (Lipinski definition) is 6. The Morgan fingerprint density at radius 3 is 2.64 bits per heavy atom. The highest BCUT2D eigenvalue weighted by molar-refractivity contribution is 7.99. The molecule has 0 bridgehead atoms. The lowest BCUT2D eigenvalue weighted by Gasteiger charge is -2.30. The Morgan fingerprint density at radius 2 is 1.88 bits per heavy atom. The van der Waals surface area contributed by atoms with Crippen molar-refractivity contribution >= 4 is 39.1 Å². The van der Waals surface area contributed by atoms with Gasteiger partial charge >= 0.3 is 0 Å². The maximum atomic E-state index is 14.0. The molecular formula is C26H24N2O3S2. The second kappa shape index (κ2) is 8.56. The van der Waals surface area contributed by atoms with E-state index in [2.05, 4.69) is 0 Å². The molecule has 33 heavy (non-hydrogen) atoms. The number of hydrogen-bond donors (Lipinski definition) is 0. The van der Waals surface area contributed by atoms with Gasteiger partial charge in [0.15, 0.2) is 10.9 Å². The van der Waals surface area contributed by atoms with Crippen LogP contribution in [0.2, 0.25) is 0 Å². The lowest BCUT2D eigenvalue weighted by molar-refractivity contribution is -0.0379. The van der Waals surface area contributed by atoms with Gasteiger partial charge in [-0.05, 0) is 38.0 Å². The van der Waals surface area contributed by atoms with Crippen molar-refractivity contribution in [2.24, 2.45) is 0 Å². The van der Waals surface area contributed by atoms with Crippen molar-refractivity contribution < 1.29 is 9.53 Å². The summed E-state index contributed by atoms with van der Waals surface area (Å²) in [4.78, 5) is 33.4. The van der Waals surface area contributed by atoms with Crippen LogP contribution in [0.1, 0.15) is 40.2 Å². The third-order valence-corrected chi connectivity index (χ3v) is 7.90. The Morgan fingerprint density at radius 1 is 1.15 bits per heavy atom. The number of nitrogens with zero attached hydrogens (tertiary/aromatic N) is 2. The molecule has 2 aromatic heterocycles. The summed E-state index contributed by atoms with van der Waals surface area (Å²) in [6.07, 6.45) is 0.673. The topological polar surface area (TPSA) is 61.2 Å². The monoisotopic (exact) mass is 476 g/mol. The number of Topliss-reactive ketones (excluding diaryl/α,β-unsaturated/α-hetero) is 1. The standard InChI is InChI=1S/C26H24N2O3S2/c1-16-9-7-8-12-19(16)28-24(30)22-18-13-26(2,3)31-14-21(18)33-23(22)27-25(28)32-15-20(29)17-10-5-4-6-11-17/h4-12H,13-15H2,1-3H3. The third-order valence-electron chi connectivity index (χ3n) is 5.86. The minimum absolute atomic E-state index is 0.00639. The number of para-hydroxylation sites is 1. The minimum atomic E-state index is -0.323. The van der Waals surface area contributed by atoms with Crippen LogP contribution in [0.25, 0.3) is 15.9 Å². The Balaban J connectivity index is 1.65. The predicted molar refractivity (Wildman–Crippen MR) is 134 cm³/mol. The summed E-state index contributed by atoms with van der Waals surface area (Å²) >= 11 is 2.83. The van der Waals surface area contributed by atoms with E-state index in [0.29, 0.717) is 34.0 Å². The highest BCUT2D eigenvalue weighted by Crippen LogP contribution is 2.38. The van der Waals surface area contributed by atoms with Gasteiger partial charge in [0.1, 0.15) is 4.83 Å². The molecule has 0 fully saturated rings. The van der Waals surface area contributed by atoms with Gasteiger partial charge < -0.3 is 4.74 Å². The number of ketones is 1. The van der Waals surface area contributed by atoms with Crippen molar-refractivity contribution in [3.8, 4) is 5.69 Å². The predicted octanol–water partition coefficient (Wildman–Crippen LogP) is 5.58. The molecule has 1 aliphatic heterocycles. The Kier molecular flexibility index (Phi) is 5.72. The molecule has 0 aliphatic carbocycles. The molecule has 168 valence electrons. The normalized spacial score (nSPS) is 14.9. The average molecular weight is 477 g/mol. The lowest BCUT2D eigenvalue weighted by Crippen LogP contribution is -2.32. The van der Waals surface area contributed by atoms with Gasteiger partial charge in [-0.3, -0.25) is 14.2 Å². The van der Waals surface area contributed by atoms with Crippen LogP contribution < -0.4 is 5.56 Å². The van der Waals surface area contributed by atoms with E-state index < -0.39 is 0 Å². The summed E-state index contributed by atoms with van der Waals surface area (Å²) in [5.41, 5.74) is 3.06. The fourth-order valence-corrected chi connectivity index (χ4v) is 6.18. The van der Waals surface area contributed by atoms with Crippen molar-refractivity contribution in [2.75, 3.05) is 5.75 Å². The summed E-state index contributed by atoms with van der Waals surface area (Å²) in [6, 6.07) is 17.0. The first-order valence-corrected chi connectivity index (χ1v) is 12.6. The van der Waals surface area contributed by atoms with Gasteiger partial charge in [0.2, 0.25) is 0 Å². The molecule has 4 aromatic rings. The molecule has 5 nitrogen and oxygen atoms in total. The first-order chi connectivity index (χ1) is 15.8. The fraction of sp³-hybridized carbons (Fsp3) is 0.269. The van der Waals surface area contributed by atoms with E-state index >= 15 is 0 Å². The Hall–Kier alpha value is -2.74. The molecule has 0 saturated heterocycles. The maximum absolute atomic E-state index is 14.0. The number of aryl methyl sites for hydroxylation is 1. The van der Waals surface area contributed by atoms with E-state index in [1.165, 1.54) is 23.1 Å². The zero-order chi connectivity index (χ0) is 23.2. The molecule has 1 aliphatic rings. The van der Waals surface area contributed by atoms with Crippen LogP contribution in [0.5, 0.6) is 0 Å². The molecule has 0 amide bonds. The van der Waals surface area contributed by atoms with Crippen LogP contribution >= 0.6 is 23.1 Å². The van der Waals surface area contributed by atoms with E-state index in [4.69, 9.17) is 9.72 Å². The molecular weight excluding hydrogens is 452 g/mol. The van der Waals surface area contributed by atoms with Gasteiger partial charge in [-0.1, -0.05) is 60.3 Å². The van der Waals surface area contributed by atoms with Gasteiger partial charge in [-0.2, -0.15) is 0 Å².